The Balaban J connectivity index is 0.912. The van der Waals surface area contributed by atoms with Crippen LogP contribution in [-0.4, -0.2) is 33.6 Å². The summed E-state index contributed by atoms with van der Waals surface area (Å²) < 4.78 is 0. The zero-order valence-corrected chi connectivity index (χ0v) is 22.5. The van der Waals surface area contributed by atoms with E-state index in [1.165, 1.54) is 9.80 Å². The van der Waals surface area contributed by atoms with Crippen LogP contribution in [0.2, 0.25) is 0 Å². The number of rotatable bonds is 4. The maximum Gasteiger partial charge on any atom is 0.238 e. The Morgan fingerprint density at radius 3 is 1.21 bits per heavy atom. The van der Waals surface area contributed by atoms with Gasteiger partial charge in [0.15, 0.2) is 5.82 Å². The molecule has 8 nitrogen and oxygen atoms in total. The Bertz CT molecular complexity index is 1570. The summed E-state index contributed by atoms with van der Waals surface area (Å²) in [6, 6.07) is 14.6. The lowest BCUT2D eigenvalue weighted by Gasteiger charge is -2.18. The number of imide groups is 2. The van der Waals surface area contributed by atoms with Gasteiger partial charge in [0.2, 0.25) is 23.6 Å². The predicted molar refractivity (Wildman–Crippen MR) is 153 cm³/mol. The van der Waals surface area contributed by atoms with Crippen LogP contribution in [0.3, 0.4) is 0 Å². The summed E-state index contributed by atoms with van der Waals surface area (Å²) >= 11 is 0. The molecule has 4 fully saturated rings. The molecule has 8 atom stereocenters. The Labute approximate surface area is 241 Å². The van der Waals surface area contributed by atoms with Crippen LogP contribution in [0.25, 0.3) is 22.5 Å². The lowest BCUT2D eigenvalue weighted by Crippen LogP contribution is -2.32. The van der Waals surface area contributed by atoms with Gasteiger partial charge in [0.25, 0.3) is 0 Å². The minimum atomic E-state index is -0.222. The third kappa shape index (κ3) is 3.12. The normalized spacial score (nSPS) is 33.4. The molecule has 4 aliphatic carbocycles. The second-order valence-corrected chi connectivity index (χ2v) is 12.4. The minimum Gasteiger partial charge on any atom is -0.274 e. The van der Waals surface area contributed by atoms with E-state index in [4.69, 9.17) is 0 Å². The highest BCUT2D eigenvalue weighted by molar-refractivity contribution is 6.23. The first-order chi connectivity index (χ1) is 20.5. The molecule has 2 aromatic carbocycles. The van der Waals surface area contributed by atoms with E-state index in [0.29, 0.717) is 17.2 Å². The highest BCUT2D eigenvalue weighted by atomic mass is 16.2. The second-order valence-electron chi connectivity index (χ2n) is 12.4. The Hall–Kier alpha value is -4.72. The maximum absolute atomic E-state index is 13.1. The molecule has 2 saturated carbocycles. The first-order valence-corrected chi connectivity index (χ1v) is 14.6. The second kappa shape index (κ2) is 8.41. The third-order valence-electron chi connectivity index (χ3n) is 10.4. The number of hydrogen-bond acceptors (Lipinski definition) is 6. The lowest BCUT2D eigenvalue weighted by molar-refractivity contribution is -0.124. The van der Waals surface area contributed by atoms with Gasteiger partial charge in [-0.25, -0.2) is 9.97 Å². The van der Waals surface area contributed by atoms with Gasteiger partial charge in [-0.05, 0) is 78.5 Å². The summed E-state index contributed by atoms with van der Waals surface area (Å²) in [5.74, 6) is 0.0362. The number of carbonyl (C=O) groups is 4. The van der Waals surface area contributed by atoms with Crippen LogP contribution in [0.15, 0.2) is 85.2 Å². The minimum absolute atomic E-state index is 0.0845. The molecule has 3 aromatic rings. The van der Waals surface area contributed by atoms with Gasteiger partial charge in [-0.2, -0.15) is 0 Å². The van der Waals surface area contributed by atoms with E-state index in [2.05, 4.69) is 34.3 Å². The zero-order chi connectivity index (χ0) is 28.3. The molecule has 3 heterocycles. The van der Waals surface area contributed by atoms with E-state index in [1.54, 1.807) is 24.5 Å². The standard InChI is InChI=1S/C34H26N4O4/c39-31-26-19-1-2-20(13-19)27(26)32(40)37(31)24-9-5-17(6-10-24)23-15-35-30(36-16-23)18-7-11-25(12-8-18)38-33(41)28-21-3-4-22(14-21)29(28)34(38)42/h1-12,15-16,19-22,26-29H,13-14H2/t19-,20-,21-,22+,26-,27+,28-,29+/m0/s1. The summed E-state index contributed by atoms with van der Waals surface area (Å²) in [4.78, 5) is 64.3. The fourth-order valence-corrected chi connectivity index (χ4v) is 8.50. The fraction of sp³-hybridized carbons (Fsp3) is 0.294. The summed E-state index contributed by atoms with van der Waals surface area (Å²) in [7, 11) is 0. The number of benzene rings is 2. The van der Waals surface area contributed by atoms with Crippen molar-refractivity contribution in [3.05, 3.63) is 85.2 Å². The van der Waals surface area contributed by atoms with Crippen LogP contribution < -0.4 is 9.80 Å². The van der Waals surface area contributed by atoms with Gasteiger partial charge in [-0.3, -0.25) is 29.0 Å². The van der Waals surface area contributed by atoms with Crippen molar-refractivity contribution in [1.29, 1.82) is 0 Å². The topological polar surface area (TPSA) is 101 Å². The number of allylic oxidation sites excluding steroid dienone is 4. The molecule has 2 aliphatic heterocycles. The highest BCUT2D eigenvalue weighted by Gasteiger charge is 2.60. The molecule has 8 heteroatoms. The van der Waals surface area contributed by atoms with Crippen molar-refractivity contribution in [2.75, 3.05) is 9.80 Å². The number of fused-ring (bicyclic) bond motifs is 10. The van der Waals surface area contributed by atoms with Crippen LogP contribution in [0.4, 0.5) is 11.4 Å². The van der Waals surface area contributed by atoms with Gasteiger partial charge in [-0.15, -0.1) is 0 Å². The summed E-state index contributed by atoms with van der Waals surface area (Å²) in [6.07, 6.45) is 13.7. The summed E-state index contributed by atoms with van der Waals surface area (Å²) in [5, 5.41) is 0. The van der Waals surface area contributed by atoms with Crippen LogP contribution in [0.5, 0.6) is 0 Å². The van der Waals surface area contributed by atoms with Gasteiger partial charge in [0.1, 0.15) is 0 Å². The van der Waals surface area contributed by atoms with Gasteiger partial charge in [0, 0.05) is 23.5 Å². The monoisotopic (exact) mass is 554 g/mol. The zero-order valence-electron chi connectivity index (χ0n) is 22.5. The molecule has 0 N–H and O–H groups in total. The molecule has 4 bridgehead atoms. The average Bonchev–Trinajstić information content (AvgIpc) is 3.87. The van der Waals surface area contributed by atoms with Gasteiger partial charge >= 0.3 is 0 Å². The molecule has 42 heavy (non-hydrogen) atoms. The van der Waals surface area contributed by atoms with Gasteiger partial charge < -0.3 is 0 Å². The van der Waals surface area contributed by atoms with Gasteiger partial charge in [0.05, 0.1) is 35.0 Å². The molecule has 9 rings (SSSR count). The molecular formula is C34H26N4O4. The Kier molecular flexibility index (Phi) is 4.79. The number of nitrogens with zero attached hydrogens (tertiary/aromatic N) is 4. The number of aromatic nitrogens is 2. The van der Waals surface area contributed by atoms with E-state index in [9.17, 15) is 19.2 Å². The molecular weight excluding hydrogens is 528 g/mol. The average molecular weight is 555 g/mol. The number of carbonyl (C=O) groups excluding carboxylic acids is 4. The Morgan fingerprint density at radius 2 is 0.833 bits per heavy atom. The van der Waals surface area contributed by atoms with Crippen molar-refractivity contribution in [1.82, 2.24) is 9.97 Å². The molecule has 4 amide bonds. The van der Waals surface area contributed by atoms with E-state index in [1.807, 2.05) is 36.4 Å². The first-order valence-electron chi connectivity index (χ1n) is 14.6. The quantitative estimate of drug-likeness (QED) is 0.349. The SMILES string of the molecule is O=C1[C@@H]2[C@H](C(=O)N1c1ccc(-c3ncc(-c4ccc(N5C(=O)[C@@H]6[C@H](C5=O)[C@H]5C=C[C@H]6C5)cc4)cn3)cc1)[C@@H]1C=C[C@H]2C1. The summed E-state index contributed by atoms with van der Waals surface area (Å²) in [5.41, 5.74) is 3.65. The molecule has 0 unspecified atom stereocenters. The third-order valence-corrected chi connectivity index (χ3v) is 10.4. The number of amides is 4. The van der Waals surface area contributed by atoms with Gasteiger partial charge in [-0.1, -0.05) is 36.4 Å². The van der Waals surface area contributed by atoms with E-state index >= 15 is 0 Å². The molecule has 0 spiro atoms. The fourth-order valence-electron chi connectivity index (χ4n) is 8.50. The number of hydrogen-bond donors (Lipinski definition) is 0. The van der Waals surface area contributed by atoms with Crippen molar-refractivity contribution in [2.45, 2.75) is 12.8 Å². The molecule has 0 radical (unpaired) electrons. The molecule has 206 valence electrons. The maximum atomic E-state index is 13.1. The van der Waals surface area contributed by atoms with Crippen molar-refractivity contribution in [2.24, 2.45) is 47.3 Å². The molecule has 1 aromatic heterocycles. The van der Waals surface area contributed by atoms with Crippen molar-refractivity contribution < 1.29 is 19.2 Å². The van der Waals surface area contributed by atoms with Crippen molar-refractivity contribution in [3.8, 4) is 22.5 Å². The molecule has 6 aliphatic rings. The van der Waals surface area contributed by atoms with E-state index < -0.39 is 0 Å². The number of anilines is 2. The van der Waals surface area contributed by atoms with Crippen molar-refractivity contribution in [3.63, 3.8) is 0 Å². The lowest BCUT2D eigenvalue weighted by atomic mass is 9.85. The smallest absolute Gasteiger partial charge is 0.238 e. The summed E-state index contributed by atoms with van der Waals surface area (Å²) in [6.45, 7) is 0. The van der Waals surface area contributed by atoms with E-state index in [0.717, 1.165) is 29.5 Å². The largest absolute Gasteiger partial charge is 0.274 e. The highest BCUT2D eigenvalue weighted by Crippen LogP contribution is 2.54. The van der Waals surface area contributed by atoms with Crippen LogP contribution in [0, 0.1) is 47.3 Å². The van der Waals surface area contributed by atoms with Crippen molar-refractivity contribution >= 4 is 35.0 Å². The first kappa shape index (κ1) is 23.9. The molecule has 2 saturated heterocycles. The predicted octanol–water partition coefficient (Wildman–Crippen LogP) is 4.43. The Morgan fingerprint density at radius 1 is 0.476 bits per heavy atom. The van der Waals surface area contributed by atoms with Crippen LogP contribution in [-0.2, 0) is 19.2 Å². The van der Waals surface area contributed by atoms with Crippen LogP contribution in [0.1, 0.15) is 12.8 Å². The van der Waals surface area contributed by atoms with E-state index in [-0.39, 0.29) is 71.0 Å². The van der Waals surface area contributed by atoms with Crippen LogP contribution >= 0.6 is 0 Å².